The molecule has 0 aliphatic heterocycles. The molecule has 0 saturated heterocycles. The Balaban J connectivity index is 2.43. The van der Waals surface area contributed by atoms with Crippen LogP contribution in [0.4, 0.5) is 5.69 Å². The van der Waals surface area contributed by atoms with Crippen LogP contribution in [0.1, 0.15) is 5.56 Å². The highest BCUT2D eigenvalue weighted by atomic mass is 35.5. The van der Waals surface area contributed by atoms with Gasteiger partial charge < -0.3 is 0 Å². The van der Waals surface area contributed by atoms with E-state index in [1.165, 1.54) is 12.3 Å². The van der Waals surface area contributed by atoms with E-state index in [4.69, 9.17) is 34.8 Å². The van der Waals surface area contributed by atoms with Crippen molar-refractivity contribution >= 4 is 50.5 Å². The average molecular weight is 353 g/mol. The summed E-state index contributed by atoms with van der Waals surface area (Å²) < 4.78 is 26.8. The van der Waals surface area contributed by atoms with E-state index in [0.717, 1.165) is 6.20 Å². The monoisotopic (exact) mass is 351 g/mol. The number of rotatable bonds is 3. The first kappa shape index (κ1) is 15.3. The summed E-state index contributed by atoms with van der Waals surface area (Å²) in [6.45, 7) is 1.71. The Kier molecular flexibility index (Phi) is 4.39. The quantitative estimate of drug-likeness (QED) is 0.858. The summed E-state index contributed by atoms with van der Waals surface area (Å²) in [4.78, 5) is 7.40. The maximum absolute atomic E-state index is 12.2. The molecular weight excluding hydrogens is 345 g/mol. The third-order valence-electron chi connectivity index (χ3n) is 2.43. The van der Waals surface area contributed by atoms with Crippen LogP contribution in [-0.4, -0.2) is 18.4 Å². The largest absolute Gasteiger partial charge is 0.276 e. The zero-order valence-electron chi connectivity index (χ0n) is 10.1. The molecule has 2 rings (SSSR count). The van der Waals surface area contributed by atoms with E-state index in [1.54, 1.807) is 13.0 Å². The smallest absolute Gasteiger partial charge is 0.263 e. The number of sulfonamides is 1. The van der Waals surface area contributed by atoms with Crippen LogP contribution in [0.3, 0.4) is 0 Å². The summed E-state index contributed by atoms with van der Waals surface area (Å²) in [5.41, 5.74) is 0.849. The molecule has 0 saturated carbocycles. The van der Waals surface area contributed by atoms with E-state index in [9.17, 15) is 8.42 Å². The van der Waals surface area contributed by atoms with Gasteiger partial charge in [0.1, 0.15) is 10.0 Å². The van der Waals surface area contributed by atoms with Gasteiger partial charge in [-0.1, -0.05) is 34.8 Å². The lowest BCUT2D eigenvalue weighted by atomic mass is 10.3. The van der Waals surface area contributed by atoms with Gasteiger partial charge in [0.05, 0.1) is 10.7 Å². The fraction of sp³-hybridized carbons (Fsp3) is 0.0909. The molecule has 2 aromatic heterocycles. The summed E-state index contributed by atoms with van der Waals surface area (Å²) in [6.07, 6.45) is 2.59. The molecule has 1 N–H and O–H groups in total. The predicted molar refractivity (Wildman–Crippen MR) is 79.0 cm³/mol. The van der Waals surface area contributed by atoms with Crippen LogP contribution in [0.5, 0.6) is 0 Å². The standard InChI is InChI=1S/C11H8Cl3N3O2S/c1-6-2-3-15-11(14)9(6)17-20(18,19)7-4-8(12)10(13)16-5-7/h2-5,17H,1H3. The highest BCUT2D eigenvalue weighted by Crippen LogP contribution is 2.27. The van der Waals surface area contributed by atoms with Gasteiger partial charge in [-0.3, -0.25) is 4.72 Å². The van der Waals surface area contributed by atoms with Crippen LogP contribution < -0.4 is 4.72 Å². The number of hydrogen-bond donors (Lipinski definition) is 1. The zero-order chi connectivity index (χ0) is 14.9. The molecule has 0 bridgehead atoms. The summed E-state index contributed by atoms with van der Waals surface area (Å²) >= 11 is 17.3. The maximum atomic E-state index is 12.2. The Morgan fingerprint density at radius 1 is 1.15 bits per heavy atom. The molecule has 5 nitrogen and oxygen atoms in total. The molecule has 0 fully saturated rings. The topological polar surface area (TPSA) is 72.0 Å². The number of hydrogen-bond acceptors (Lipinski definition) is 4. The van der Waals surface area contributed by atoms with E-state index < -0.39 is 10.0 Å². The molecule has 20 heavy (non-hydrogen) atoms. The van der Waals surface area contributed by atoms with Crippen LogP contribution in [0.15, 0.2) is 29.4 Å². The minimum absolute atomic E-state index is 0.0289. The second-order valence-corrected chi connectivity index (χ2v) is 6.65. The third-order valence-corrected chi connectivity index (χ3v) is 4.72. The summed E-state index contributed by atoms with van der Waals surface area (Å²) in [5.74, 6) is 0. The van der Waals surface area contributed by atoms with E-state index in [-0.39, 0.29) is 25.9 Å². The van der Waals surface area contributed by atoms with Crippen molar-refractivity contribution in [3.8, 4) is 0 Å². The molecule has 0 radical (unpaired) electrons. The maximum Gasteiger partial charge on any atom is 0.263 e. The van der Waals surface area contributed by atoms with Crippen molar-refractivity contribution in [3.05, 3.63) is 45.4 Å². The number of aromatic nitrogens is 2. The summed E-state index contributed by atoms with van der Waals surface area (Å²) in [6, 6.07) is 2.84. The van der Waals surface area contributed by atoms with Gasteiger partial charge in [-0.15, -0.1) is 0 Å². The van der Waals surface area contributed by atoms with Gasteiger partial charge in [-0.25, -0.2) is 18.4 Å². The van der Waals surface area contributed by atoms with Crippen LogP contribution >= 0.6 is 34.8 Å². The predicted octanol–water partition coefficient (Wildman–Crippen LogP) is 3.55. The van der Waals surface area contributed by atoms with Crippen LogP contribution in [0.2, 0.25) is 15.3 Å². The van der Waals surface area contributed by atoms with E-state index in [1.807, 2.05) is 0 Å². The van der Waals surface area contributed by atoms with Crippen molar-refractivity contribution in [2.24, 2.45) is 0 Å². The molecule has 0 aliphatic rings. The lowest BCUT2D eigenvalue weighted by molar-refractivity contribution is 0.600. The lowest BCUT2D eigenvalue weighted by Gasteiger charge is -2.11. The lowest BCUT2D eigenvalue weighted by Crippen LogP contribution is -2.14. The molecule has 0 aliphatic carbocycles. The number of aryl methyl sites for hydroxylation is 1. The van der Waals surface area contributed by atoms with Gasteiger partial charge in [-0.2, -0.15) is 0 Å². The fourth-order valence-corrected chi connectivity index (χ4v) is 3.14. The molecule has 2 heterocycles. The third kappa shape index (κ3) is 3.15. The van der Waals surface area contributed by atoms with Gasteiger partial charge in [0.15, 0.2) is 5.15 Å². The summed E-state index contributed by atoms with van der Waals surface area (Å²) in [7, 11) is -3.88. The van der Waals surface area contributed by atoms with Gasteiger partial charge in [-0.05, 0) is 24.6 Å². The molecule has 0 atom stereocenters. The number of nitrogens with one attached hydrogen (secondary N) is 1. The van der Waals surface area contributed by atoms with Gasteiger partial charge in [0, 0.05) is 12.4 Å². The molecule has 106 valence electrons. The molecule has 0 aromatic carbocycles. The highest BCUT2D eigenvalue weighted by molar-refractivity contribution is 7.92. The van der Waals surface area contributed by atoms with Crippen LogP contribution in [-0.2, 0) is 10.0 Å². The number of pyridine rings is 2. The minimum atomic E-state index is -3.88. The van der Waals surface area contributed by atoms with Crippen molar-refractivity contribution in [2.75, 3.05) is 4.72 Å². The molecule has 0 unspecified atom stereocenters. The van der Waals surface area contributed by atoms with E-state index >= 15 is 0 Å². The highest BCUT2D eigenvalue weighted by Gasteiger charge is 2.19. The van der Waals surface area contributed by atoms with Crippen molar-refractivity contribution in [1.29, 1.82) is 0 Å². The zero-order valence-corrected chi connectivity index (χ0v) is 13.1. The fourth-order valence-electron chi connectivity index (χ4n) is 1.39. The van der Waals surface area contributed by atoms with Crippen LogP contribution in [0, 0.1) is 6.92 Å². The van der Waals surface area contributed by atoms with Crippen molar-refractivity contribution < 1.29 is 8.42 Å². The van der Waals surface area contributed by atoms with E-state index in [2.05, 4.69) is 14.7 Å². The second-order valence-electron chi connectivity index (χ2n) is 3.84. The first-order chi connectivity index (χ1) is 9.31. The molecule has 0 spiro atoms. The van der Waals surface area contributed by atoms with Crippen molar-refractivity contribution in [1.82, 2.24) is 9.97 Å². The minimum Gasteiger partial charge on any atom is -0.276 e. The SMILES string of the molecule is Cc1ccnc(Cl)c1NS(=O)(=O)c1cnc(Cl)c(Cl)c1. The normalized spacial score (nSPS) is 11.4. The number of anilines is 1. The Labute approximate surface area is 131 Å². The molecule has 9 heteroatoms. The van der Waals surface area contributed by atoms with Crippen molar-refractivity contribution in [3.63, 3.8) is 0 Å². The van der Waals surface area contributed by atoms with Gasteiger partial charge >= 0.3 is 0 Å². The second kappa shape index (κ2) is 5.73. The average Bonchev–Trinajstić information content (AvgIpc) is 2.37. The van der Waals surface area contributed by atoms with E-state index in [0.29, 0.717) is 5.56 Å². The summed E-state index contributed by atoms with van der Waals surface area (Å²) in [5, 5.41) is 0.131. The Hall–Kier alpha value is -1.08. The first-order valence-corrected chi connectivity index (χ1v) is 7.88. The Bertz CT molecular complexity index is 745. The van der Waals surface area contributed by atoms with Gasteiger partial charge in [0.25, 0.3) is 10.0 Å². The Morgan fingerprint density at radius 2 is 1.85 bits per heavy atom. The Morgan fingerprint density at radius 3 is 2.45 bits per heavy atom. The first-order valence-electron chi connectivity index (χ1n) is 5.26. The number of nitrogens with zero attached hydrogens (tertiary/aromatic N) is 2. The van der Waals surface area contributed by atoms with Crippen molar-refractivity contribution in [2.45, 2.75) is 11.8 Å². The number of halogens is 3. The van der Waals surface area contributed by atoms with Crippen LogP contribution in [0.25, 0.3) is 0 Å². The molecule has 2 aromatic rings. The molecule has 0 amide bonds. The van der Waals surface area contributed by atoms with Gasteiger partial charge in [0.2, 0.25) is 0 Å². The molecular formula is C11H8Cl3N3O2S.